The van der Waals surface area contributed by atoms with Crippen molar-refractivity contribution in [1.82, 2.24) is 4.90 Å². The quantitative estimate of drug-likeness (QED) is 0.681. The second kappa shape index (κ2) is 6.02. The Morgan fingerprint density at radius 2 is 2.00 bits per heavy atom. The van der Waals surface area contributed by atoms with Crippen LogP contribution in [0.15, 0.2) is 0 Å². The number of carbonyl (C=O) groups is 1. The Kier molecular flexibility index (Phi) is 4.94. The van der Waals surface area contributed by atoms with Crippen LogP contribution in [0.5, 0.6) is 0 Å². The zero-order valence-corrected chi connectivity index (χ0v) is 9.17. The first-order valence-corrected chi connectivity index (χ1v) is 5.80. The summed E-state index contributed by atoms with van der Waals surface area (Å²) in [6, 6.07) is -0.250. The van der Waals surface area contributed by atoms with Gasteiger partial charge in [-0.1, -0.05) is 26.2 Å². The third kappa shape index (κ3) is 3.29. The minimum atomic E-state index is -0.250. The number of nitrogens with two attached hydrogens (primary N) is 1. The summed E-state index contributed by atoms with van der Waals surface area (Å²) in [6.45, 7) is 3.99. The number of unbranched alkanes of at least 4 members (excludes halogenated alkanes) is 2. The maximum absolute atomic E-state index is 11.7. The van der Waals surface area contributed by atoms with Gasteiger partial charge in [-0.2, -0.15) is 0 Å². The van der Waals surface area contributed by atoms with Gasteiger partial charge in [0.1, 0.15) is 0 Å². The van der Waals surface area contributed by atoms with Gasteiger partial charge in [0.2, 0.25) is 5.91 Å². The Morgan fingerprint density at radius 3 is 2.57 bits per heavy atom. The molecule has 0 aromatic rings. The number of rotatable bonds is 5. The Morgan fingerprint density at radius 1 is 1.36 bits per heavy atom. The molecule has 0 spiro atoms. The zero-order valence-electron chi connectivity index (χ0n) is 9.17. The van der Waals surface area contributed by atoms with Crippen molar-refractivity contribution in [2.75, 3.05) is 13.1 Å². The van der Waals surface area contributed by atoms with Crippen molar-refractivity contribution in [3.63, 3.8) is 0 Å². The van der Waals surface area contributed by atoms with Gasteiger partial charge in [-0.25, -0.2) is 0 Å². The van der Waals surface area contributed by atoms with Crippen LogP contribution in [0.2, 0.25) is 0 Å². The average molecular weight is 198 g/mol. The first-order valence-electron chi connectivity index (χ1n) is 5.80. The van der Waals surface area contributed by atoms with E-state index in [9.17, 15) is 4.79 Å². The van der Waals surface area contributed by atoms with E-state index < -0.39 is 0 Å². The SMILES string of the molecule is CCCCCC(N)C(=O)N1CCCC1. The summed E-state index contributed by atoms with van der Waals surface area (Å²) < 4.78 is 0. The maximum atomic E-state index is 11.7. The Labute approximate surface area is 86.6 Å². The molecule has 1 aliphatic rings. The summed E-state index contributed by atoms with van der Waals surface area (Å²) in [5.74, 6) is 0.165. The lowest BCUT2D eigenvalue weighted by molar-refractivity contribution is -0.131. The standard InChI is InChI=1S/C11H22N2O/c1-2-3-4-7-10(12)11(14)13-8-5-6-9-13/h10H,2-9,12H2,1H3. The molecule has 1 heterocycles. The molecule has 0 aromatic heterocycles. The highest BCUT2D eigenvalue weighted by atomic mass is 16.2. The van der Waals surface area contributed by atoms with Crippen molar-refractivity contribution in [3.8, 4) is 0 Å². The van der Waals surface area contributed by atoms with Gasteiger partial charge in [0.25, 0.3) is 0 Å². The predicted molar refractivity (Wildman–Crippen MR) is 57.9 cm³/mol. The average Bonchev–Trinajstić information content (AvgIpc) is 2.69. The van der Waals surface area contributed by atoms with Gasteiger partial charge in [-0.05, 0) is 19.3 Å². The molecule has 1 aliphatic heterocycles. The Bertz CT molecular complexity index is 176. The minimum absolute atomic E-state index is 0.165. The molecule has 2 N–H and O–H groups in total. The van der Waals surface area contributed by atoms with Gasteiger partial charge in [-0.15, -0.1) is 0 Å². The number of carbonyl (C=O) groups excluding carboxylic acids is 1. The fourth-order valence-electron chi connectivity index (χ4n) is 1.91. The highest BCUT2D eigenvalue weighted by Crippen LogP contribution is 2.11. The molecule has 3 nitrogen and oxygen atoms in total. The molecular weight excluding hydrogens is 176 g/mol. The van der Waals surface area contributed by atoms with Crippen molar-refractivity contribution in [3.05, 3.63) is 0 Å². The number of nitrogens with zero attached hydrogens (tertiary/aromatic N) is 1. The zero-order chi connectivity index (χ0) is 10.4. The number of hydrogen-bond donors (Lipinski definition) is 1. The summed E-state index contributed by atoms with van der Waals surface area (Å²) in [5.41, 5.74) is 5.85. The van der Waals surface area contributed by atoms with Crippen molar-refractivity contribution in [2.24, 2.45) is 5.73 Å². The molecule has 0 aliphatic carbocycles. The summed E-state index contributed by atoms with van der Waals surface area (Å²) >= 11 is 0. The van der Waals surface area contributed by atoms with Crippen LogP contribution < -0.4 is 5.73 Å². The Hall–Kier alpha value is -0.570. The highest BCUT2D eigenvalue weighted by molar-refractivity contribution is 5.81. The first kappa shape index (κ1) is 11.5. The maximum Gasteiger partial charge on any atom is 0.239 e. The van der Waals surface area contributed by atoms with Crippen LogP contribution in [0.25, 0.3) is 0 Å². The second-order valence-corrected chi connectivity index (χ2v) is 4.13. The fraction of sp³-hybridized carbons (Fsp3) is 0.909. The third-order valence-corrected chi connectivity index (χ3v) is 2.85. The van der Waals surface area contributed by atoms with E-state index in [1.807, 2.05) is 4.90 Å². The van der Waals surface area contributed by atoms with E-state index in [0.29, 0.717) is 0 Å². The highest BCUT2D eigenvalue weighted by Gasteiger charge is 2.22. The monoisotopic (exact) mass is 198 g/mol. The molecular formula is C11H22N2O. The van der Waals surface area contributed by atoms with Crippen molar-refractivity contribution in [2.45, 2.75) is 51.5 Å². The van der Waals surface area contributed by atoms with Crippen LogP contribution in [0, 0.1) is 0 Å². The molecule has 1 amide bonds. The molecule has 3 heteroatoms. The molecule has 0 aromatic carbocycles. The number of hydrogen-bond acceptors (Lipinski definition) is 2. The normalized spacial score (nSPS) is 18.6. The van der Waals surface area contributed by atoms with E-state index in [2.05, 4.69) is 6.92 Å². The van der Waals surface area contributed by atoms with E-state index in [1.165, 1.54) is 12.8 Å². The molecule has 1 unspecified atom stereocenters. The predicted octanol–water partition coefficient (Wildman–Crippen LogP) is 1.52. The van der Waals surface area contributed by atoms with Crippen LogP contribution in [-0.2, 0) is 4.79 Å². The van der Waals surface area contributed by atoms with Gasteiger partial charge < -0.3 is 10.6 Å². The molecule has 1 saturated heterocycles. The topological polar surface area (TPSA) is 46.3 Å². The Balaban J connectivity index is 2.21. The summed E-state index contributed by atoms with van der Waals surface area (Å²) in [4.78, 5) is 13.7. The van der Waals surface area contributed by atoms with Crippen molar-refractivity contribution < 1.29 is 4.79 Å². The van der Waals surface area contributed by atoms with Gasteiger partial charge in [-0.3, -0.25) is 4.79 Å². The molecule has 1 atom stereocenters. The molecule has 82 valence electrons. The number of likely N-dealkylation sites (tertiary alicyclic amines) is 1. The lowest BCUT2D eigenvalue weighted by Gasteiger charge is -2.19. The molecule has 0 radical (unpaired) electrons. The summed E-state index contributed by atoms with van der Waals surface area (Å²) in [5, 5.41) is 0. The first-order chi connectivity index (χ1) is 6.75. The van der Waals surface area contributed by atoms with E-state index in [4.69, 9.17) is 5.73 Å². The largest absolute Gasteiger partial charge is 0.341 e. The molecule has 1 rings (SSSR count). The fourth-order valence-corrected chi connectivity index (χ4v) is 1.91. The molecule has 0 saturated carbocycles. The third-order valence-electron chi connectivity index (χ3n) is 2.85. The van der Waals surface area contributed by atoms with Crippen LogP contribution in [0.1, 0.15) is 45.4 Å². The van der Waals surface area contributed by atoms with E-state index in [-0.39, 0.29) is 11.9 Å². The van der Waals surface area contributed by atoms with E-state index >= 15 is 0 Å². The molecule has 1 fully saturated rings. The number of amides is 1. The van der Waals surface area contributed by atoms with Crippen LogP contribution in [0.4, 0.5) is 0 Å². The smallest absolute Gasteiger partial charge is 0.239 e. The second-order valence-electron chi connectivity index (χ2n) is 4.13. The molecule has 14 heavy (non-hydrogen) atoms. The van der Waals surface area contributed by atoms with Gasteiger partial charge in [0.05, 0.1) is 6.04 Å². The van der Waals surface area contributed by atoms with Gasteiger partial charge >= 0.3 is 0 Å². The van der Waals surface area contributed by atoms with Crippen molar-refractivity contribution >= 4 is 5.91 Å². The van der Waals surface area contributed by atoms with Crippen LogP contribution >= 0.6 is 0 Å². The lowest BCUT2D eigenvalue weighted by Crippen LogP contribution is -2.42. The van der Waals surface area contributed by atoms with E-state index in [0.717, 1.165) is 38.8 Å². The minimum Gasteiger partial charge on any atom is -0.341 e. The van der Waals surface area contributed by atoms with Crippen LogP contribution in [-0.4, -0.2) is 29.9 Å². The molecule has 0 bridgehead atoms. The van der Waals surface area contributed by atoms with Gasteiger partial charge in [0.15, 0.2) is 0 Å². The van der Waals surface area contributed by atoms with Crippen molar-refractivity contribution in [1.29, 1.82) is 0 Å². The van der Waals surface area contributed by atoms with E-state index in [1.54, 1.807) is 0 Å². The van der Waals surface area contributed by atoms with Gasteiger partial charge in [0, 0.05) is 13.1 Å². The summed E-state index contributed by atoms with van der Waals surface area (Å²) in [7, 11) is 0. The lowest BCUT2D eigenvalue weighted by atomic mass is 10.1. The summed E-state index contributed by atoms with van der Waals surface area (Å²) in [6.07, 6.45) is 6.59. The van der Waals surface area contributed by atoms with Crippen LogP contribution in [0.3, 0.4) is 0 Å².